The van der Waals surface area contributed by atoms with E-state index < -0.39 is 9.84 Å². The molecule has 0 unspecified atom stereocenters. The van der Waals surface area contributed by atoms with E-state index in [1.165, 1.54) is 0 Å². The van der Waals surface area contributed by atoms with Crippen LogP contribution in [-0.4, -0.2) is 26.2 Å². The van der Waals surface area contributed by atoms with Crippen LogP contribution in [0.5, 0.6) is 0 Å². The van der Waals surface area contributed by atoms with Crippen LogP contribution in [-0.2, 0) is 16.4 Å². The minimum atomic E-state index is -3.16. The van der Waals surface area contributed by atoms with E-state index in [1.54, 1.807) is 25.1 Å². The molecule has 1 aliphatic carbocycles. The van der Waals surface area contributed by atoms with Gasteiger partial charge in [-0.2, -0.15) is 0 Å². The molecule has 20 heavy (non-hydrogen) atoms. The number of hydrogen-bond acceptors (Lipinski definition) is 3. The van der Waals surface area contributed by atoms with Crippen molar-refractivity contribution in [2.45, 2.75) is 37.2 Å². The number of aliphatic imine (C=N–C) groups is 1. The van der Waals surface area contributed by atoms with Gasteiger partial charge in [-0.05, 0) is 30.5 Å². The molecule has 2 rings (SSSR count). The molecule has 0 heterocycles. The van der Waals surface area contributed by atoms with Gasteiger partial charge in [-0.1, -0.05) is 19.1 Å². The molecular weight excluding hydrogens is 389 g/mol. The van der Waals surface area contributed by atoms with Crippen molar-refractivity contribution in [3.8, 4) is 0 Å². The SMILES string of the molecule is CCS(=O)(=O)c1cccc(CN=C(N)NC2CC2)c1.I. The van der Waals surface area contributed by atoms with E-state index in [2.05, 4.69) is 10.3 Å². The fourth-order valence-corrected chi connectivity index (χ4v) is 2.61. The van der Waals surface area contributed by atoms with Gasteiger partial charge in [0.25, 0.3) is 0 Å². The van der Waals surface area contributed by atoms with E-state index in [4.69, 9.17) is 5.73 Å². The van der Waals surface area contributed by atoms with E-state index in [9.17, 15) is 8.42 Å². The Morgan fingerprint density at radius 3 is 2.75 bits per heavy atom. The smallest absolute Gasteiger partial charge is 0.189 e. The summed E-state index contributed by atoms with van der Waals surface area (Å²) in [5.74, 6) is 0.525. The van der Waals surface area contributed by atoms with Crippen molar-refractivity contribution >= 4 is 39.8 Å². The summed E-state index contributed by atoms with van der Waals surface area (Å²) in [6, 6.07) is 7.32. The van der Waals surface area contributed by atoms with Crippen molar-refractivity contribution < 1.29 is 8.42 Å². The second-order valence-electron chi connectivity index (χ2n) is 4.67. The molecule has 0 atom stereocenters. The molecule has 1 saturated carbocycles. The molecule has 0 aromatic heterocycles. The van der Waals surface area contributed by atoms with Crippen molar-refractivity contribution in [1.29, 1.82) is 0 Å². The van der Waals surface area contributed by atoms with Crippen LogP contribution >= 0.6 is 24.0 Å². The maximum absolute atomic E-state index is 11.8. The quantitative estimate of drug-likeness (QED) is 0.440. The van der Waals surface area contributed by atoms with E-state index >= 15 is 0 Å². The largest absolute Gasteiger partial charge is 0.370 e. The van der Waals surface area contributed by atoms with Gasteiger partial charge in [0.05, 0.1) is 17.2 Å². The van der Waals surface area contributed by atoms with Gasteiger partial charge in [0, 0.05) is 6.04 Å². The average molecular weight is 409 g/mol. The maximum Gasteiger partial charge on any atom is 0.189 e. The van der Waals surface area contributed by atoms with Gasteiger partial charge >= 0.3 is 0 Å². The molecule has 0 radical (unpaired) electrons. The Kier molecular flexibility index (Phi) is 6.25. The summed E-state index contributed by atoms with van der Waals surface area (Å²) >= 11 is 0. The van der Waals surface area contributed by atoms with Gasteiger partial charge in [0.15, 0.2) is 15.8 Å². The van der Waals surface area contributed by atoms with Gasteiger partial charge in [0.2, 0.25) is 0 Å². The van der Waals surface area contributed by atoms with Gasteiger partial charge in [-0.15, -0.1) is 24.0 Å². The normalized spacial score (nSPS) is 15.6. The molecule has 7 heteroatoms. The number of rotatable bonds is 5. The molecule has 5 nitrogen and oxygen atoms in total. The first kappa shape index (κ1) is 17.2. The number of benzene rings is 1. The monoisotopic (exact) mass is 409 g/mol. The predicted octanol–water partition coefficient (Wildman–Crippen LogP) is 1.66. The summed E-state index contributed by atoms with van der Waals surface area (Å²) in [4.78, 5) is 4.56. The Bertz CT molecular complexity index is 583. The summed E-state index contributed by atoms with van der Waals surface area (Å²) in [7, 11) is -3.16. The third kappa shape index (κ3) is 4.93. The molecule has 0 bridgehead atoms. The average Bonchev–Trinajstić information content (AvgIpc) is 3.20. The zero-order valence-electron chi connectivity index (χ0n) is 11.4. The molecule has 0 amide bonds. The highest BCUT2D eigenvalue weighted by molar-refractivity contribution is 14.0. The fourth-order valence-electron chi connectivity index (χ4n) is 1.66. The number of hydrogen-bond donors (Lipinski definition) is 2. The van der Waals surface area contributed by atoms with Crippen LogP contribution in [0.25, 0.3) is 0 Å². The van der Waals surface area contributed by atoms with Gasteiger partial charge in [-0.3, -0.25) is 0 Å². The summed E-state index contributed by atoms with van der Waals surface area (Å²) in [6.45, 7) is 2.02. The lowest BCUT2D eigenvalue weighted by atomic mass is 10.2. The highest BCUT2D eigenvalue weighted by Crippen LogP contribution is 2.18. The van der Waals surface area contributed by atoms with Crippen molar-refractivity contribution in [2.24, 2.45) is 10.7 Å². The van der Waals surface area contributed by atoms with E-state index in [-0.39, 0.29) is 29.7 Å². The maximum atomic E-state index is 11.8. The lowest BCUT2D eigenvalue weighted by Gasteiger charge is -2.05. The van der Waals surface area contributed by atoms with E-state index in [0.29, 0.717) is 23.4 Å². The van der Waals surface area contributed by atoms with Crippen molar-refractivity contribution in [2.75, 3.05) is 5.75 Å². The number of nitrogens with one attached hydrogen (secondary N) is 1. The zero-order valence-corrected chi connectivity index (χ0v) is 14.5. The Hall–Kier alpha value is -0.830. The summed E-state index contributed by atoms with van der Waals surface area (Å²) in [5, 5.41) is 3.09. The van der Waals surface area contributed by atoms with E-state index in [1.807, 2.05) is 6.07 Å². The van der Waals surface area contributed by atoms with Gasteiger partial charge in [0.1, 0.15) is 0 Å². The molecule has 1 fully saturated rings. The first-order chi connectivity index (χ1) is 9.01. The predicted molar refractivity (Wildman–Crippen MR) is 91.1 cm³/mol. The number of sulfone groups is 1. The molecule has 0 saturated heterocycles. The Balaban J connectivity index is 0.00000200. The first-order valence-electron chi connectivity index (χ1n) is 6.39. The second kappa shape index (κ2) is 7.26. The Morgan fingerprint density at radius 1 is 1.45 bits per heavy atom. The van der Waals surface area contributed by atoms with Crippen LogP contribution in [0.15, 0.2) is 34.2 Å². The lowest BCUT2D eigenvalue weighted by Crippen LogP contribution is -2.33. The number of nitrogens with zero attached hydrogens (tertiary/aromatic N) is 1. The van der Waals surface area contributed by atoms with Crippen molar-refractivity contribution in [3.05, 3.63) is 29.8 Å². The van der Waals surface area contributed by atoms with Crippen LogP contribution in [0.4, 0.5) is 0 Å². The summed E-state index contributed by atoms with van der Waals surface area (Å²) < 4.78 is 23.5. The molecule has 1 aromatic carbocycles. The molecule has 3 N–H and O–H groups in total. The van der Waals surface area contributed by atoms with Crippen LogP contribution in [0.3, 0.4) is 0 Å². The van der Waals surface area contributed by atoms with Crippen LogP contribution in [0, 0.1) is 0 Å². The molecule has 0 aliphatic heterocycles. The minimum Gasteiger partial charge on any atom is -0.370 e. The summed E-state index contributed by atoms with van der Waals surface area (Å²) in [5.41, 5.74) is 6.58. The number of halogens is 1. The highest BCUT2D eigenvalue weighted by Gasteiger charge is 2.21. The molecule has 112 valence electrons. The second-order valence-corrected chi connectivity index (χ2v) is 6.95. The standard InChI is InChI=1S/C13H19N3O2S.HI/c1-2-19(17,18)12-5-3-4-10(8-12)9-15-13(14)16-11-6-7-11;/h3-5,8,11H,2,6-7,9H2,1H3,(H3,14,15,16);1H. The van der Waals surface area contributed by atoms with Gasteiger partial charge in [-0.25, -0.2) is 13.4 Å². The zero-order chi connectivity index (χ0) is 13.9. The van der Waals surface area contributed by atoms with Crippen molar-refractivity contribution in [3.63, 3.8) is 0 Å². The van der Waals surface area contributed by atoms with Crippen LogP contribution in [0.1, 0.15) is 25.3 Å². The number of nitrogens with two attached hydrogens (primary N) is 1. The highest BCUT2D eigenvalue weighted by atomic mass is 127. The fraction of sp³-hybridized carbons (Fsp3) is 0.462. The Morgan fingerprint density at radius 2 is 2.15 bits per heavy atom. The Labute approximate surface area is 137 Å². The topological polar surface area (TPSA) is 84.5 Å². The molecule has 1 aliphatic rings. The first-order valence-corrected chi connectivity index (χ1v) is 8.04. The third-order valence-electron chi connectivity index (χ3n) is 3.00. The number of guanidine groups is 1. The lowest BCUT2D eigenvalue weighted by molar-refractivity contribution is 0.597. The summed E-state index contributed by atoms with van der Waals surface area (Å²) in [6.07, 6.45) is 2.28. The van der Waals surface area contributed by atoms with Gasteiger partial charge < -0.3 is 11.1 Å². The van der Waals surface area contributed by atoms with Crippen LogP contribution < -0.4 is 11.1 Å². The molecule has 1 aromatic rings. The van der Waals surface area contributed by atoms with Crippen LogP contribution in [0.2, 0.25) is 0 Å². The minimum absolute atomic E-state index is 0. The molecular formula is C13H20IN3O2S. The third-order valence-corrected chi connectivity index (χ3v) is 4.73. The molecule has 0 spiro atoms. The van der Waals surface area contributed by atoms with E-state index in [0.717, 1.165) is 18.4 Å². The van der Waals surface area contributed by atoms with Crippen molar-refractivity contribution in [1.82, 2.24) is 5.32 Å².